The number of halogens is 1. The molecule has 0 amide bonds. The van der Waals surface area contributed by atoms with E-state index in [1.807, 2.05) is 12.3 Å². The van der Waals surface area contributed by atoms with Crippen LogP contribution in [0.25, 0.3) is 6.08 Å². The summed E-state index contributed by atoms with van der Waals surface area (Å²) in [4.78, 5) is 5.31. The second-order valence-corrected chi connectivity index (χ2v) is 4.75. The minimum atomic E-state index is 0.293. The summed E-state index contributed by atoms with van der Waals surface area (Å²) >= 11 is 4.64. The van der Waals surface area contributed by atoms with Gasteiger partial charge in [-0.25, -0.2) is 0 Å². The number of hydrogen-bond donors (Lipinski definition) is 1. The molecule has 0 radical (unpaired) electrons. The molecule has 2 heterocycles. The molecule has 68 valence electrons. The molecule has 1 aliphatic heterocycles. The Bertz CT molecular complexity index is 395. The van der Waals surface area contributed by atoms with Crippen molar-refractivity contribution in [2.24, 2.45) is 10.9 Å². The van der Waals surface area contributed by atoms with Crippen molar-refractivity contribution in [3.05, 3.63) is 15.4 Å². The van der Waals surface area contributed by atoms with Crippen LogP contribution in [0.3, 0.4) is 0 Å². The van der Waals surface area contributed by atoms with Gasteiger partial charge in [0.25, 0.3) is 0 Å². The number of fused-ring (bicyclic) bond motifs is 1. The molecule has 0 spiro atoms. The van der Waals surface area contributed by atoms with Crippen LogP contribution < -0.4 is 0 Å². The molecule has 1 aromatic rings. The van der Waals surface area contributed by atoms with Crippen LogP contribution in [0.4, 0.5) is 5.69 Å². The van der Waals surface area contributed by atoms with E-state index < -0.39 is 0 Å². The normalized spacial score (nSPS) is 20.0. The van der Waals surface area contributed by atoms with Crippen LogP contribution in [0.15, 0.2) is 15.5 Å². The number of aliphatic imine (C=N–C) groups is 1. The zero-order valence-electron chi connectivity index (χ0n) is 6.99. The average molecular weight is 258 g/mol. The molecule has 0 fully saturated rings. The second kappa shape index (κ2) is 3.27. The fraction of sp³-hybridized carbons (Fsp3) is 0.222. The van der Waals surface area contributed by atoms with Crippen molar-refractivity contribution >= 4 is 45.2 Å². The van der Waals surface area contributed by atoms with E-state index in [-0.39, 0.29) is 0 Å². The van der Waals surface area contributed by atoms with Crippen LogP contribution in [-0.2, 0) is 0 Å². The Balaban J connectivity index is 2.58. The topological polar surface area (TPSA) is 32.6 Å². The third kappa shape index (κ3) is 1.56. The van der Waals surface area contributed by atoms with E-state index >= 15 is 0 Å². The maximum atomic E-state index is 9.43. The molecule has 2 rings (SSSR count). The summed E-state index contributed by atoms with van der Waals surface area (Å²) in [5.41, 5.74) is 0.836. The predicted octanol–water partition coefficient (Wildman–Crippen LogP) is 3.58. The number of aromatic hydroxyl groups is 1. The van der Waals surface area contributed by atoms with E-state index in [0.717, 1.165) is 10.6 Å². The molecule has 1 atom stereocenters. The van der Waals surface area contributed by atoms with Gasteiger partial charge in [0.2, 0.25) is 0 Å². The third-order valence-corrected chi connectivity index (χ3v) is 3.79. The number of hydrogen-bond acceptors (Lipinski definition) is 3. The van der Waals surface area contributed by atoms with Crippen molar-refractivity contribution < 1.29 is 5.11 Å². The number of allylic oxidation sites excluding steroid dienone is 1. The molecule has 0 aliphatic carbocycles. The maximum absolute atomic E-state index is 9.43. The summed E-state index contributed by atoms with van der Waals surface area (Å²) in [5.74, 6) is 0.355. The zero-order chi connectivity index (χ0) is 9.42. The number of thiophene rings is 1. The molecule has 0 saturated carbocycles. The van der Waals surface area contributed by atoms with Crippen molar-refractivity contribution in [1.82, 2.24) is 0 Å². The molecule has 1 N–H and O–H groups in total. The van der Waals surface area contributed by atoms with Crippen LogP contribution in [0.5, 0.6) is 5.06 Å². The lowest BCUT2D eigenvalue weighted by atomic mass is 10.2. The third-order valence-electron chi connectivity index (χ3n) is 1.83. The molecular formula is C9H8BrNOS. The molecule has 1 aromatic heterocycles. The van der Waals surface area contributed by atoms with E-state index in [9.17, 15) is 5.11 Å². The minimum Gasteiger partial charge on any atom is -0.499 e. The molecule has 1 aliphatic rings. The lowest BCUT2D eigenvalue weighted by Crippen LogP contribution is -1.86. The van der Waals surface area contributed by atoms with Gasteiger partial charge in [-0.15, -0.1) is 0 Å². The van der Waals surface area contributed by atoms with Crippen molar-refractivity contribution in [3.63, 3.8) is 0 Å². The standard InChI is InChI=1S/C9H8BrNOS/c1-5-2-3-6-8(11-4-5)7(10)9(12)13-6/h2-5,12H,1H3. The predicted molar refractivity (Wildman–Crippen MR) is 60.0 cm³/mol. The molecule has 0 saturated heterocycles. The summed E-state index contributed by atoms with van der Waals surface area (Å²) in [5, 5.41) is 9.73. The smallest absolute Gasteiger partial charge is 0.188 e. The van der Waals surface area contributed by atoms with Crippen LogP contribution in [0.1, 0.15) is 11.8 Å². The number of rotatable bonds is 0. The Kier molecular flexibility index (Phi) is 2.26. The molecule has 1 unspecified atom stereocenters. The highest BCUT2D eigenvalue weighted by atomic mass is 79.9. The summed E-state index contributed by atoms with van der Waals surface area (Å²) in [6.45, 7) is 2.07. The number of nitrogens with zero attached hydrogens (tertiary/aromatic N) is 1. The van der Waals surface area contributed by atoms with Gasteiger partial charge in [0.05, 0.1) is 15.0 Å². The fourth-order valence-electron chi connectivity index (χ4n) is 1.12. The van der Waals surface area contributed by atoms with E-state index in [4.69, 9.17) is 0 Å². The van der Waals surface area contributed by atoms with Crippen molar-refractivity contribution in [1.29, 1.82) is 0 Å². The first-order chi connectivity index (χ1) is 6.18. The Morgan fingerprint density at radius 2 is 2.38 bits per heavy atom. The van der Waals surface area contributed by atoms with Gasteiger partial charge in [0.15, 0.2) is 5.06 Å². The summed E-state index contributed by atoms with van der Waals surface area (Å²) in [7, 11) is 0. The Morgan fingerprint density at radius 3 is 3.15 bits per heavy atom. The highest BCUT2D eigenvalue weighted by Gasteiger charge is 2.14. The summed E-state index contributed by atoms with van der Waals surface area (Å²) in [6.07, 6.45) is 5.94. The van der Waals surface area contributed by atoms with Gasteiger partial charge in [-0.2, -0.15) is 0 Å². The van der Waals surface area contributed by atoms with E-state index in [2.05, 4.69) is 33.9 Å². The van der Waals surface area contributed by atoms with E-state index in [0.29, 0.717) is 15.5 Å². The van der Waals surface area contributed by atoms with Crippen molar-refractivity contribution in [2.45, 2.75) is 6.92 Å². The Hall–Kier alpha value is -0.610. The molecule has 0 bridgehead atoms. The highest BCUT2D eigenvalue weighted by Crippen LogP contribution is 2.45. The Morgan fingerprint density at radius 1 is 1.62 bits per heavy atom. The van der Waals surface area contributed by atoms with E-state index in [1.54, 1.807) is 0 Å². The fourth-order valence-corrected chi connectivity index (χ4v) is 2.60. The lowest BCUT2D eigenvalue weighted by Gasteiger charge is -1.92. The molecule has 0 aromatic carbocycles. The summed E-state index contributed by atoms with van der Waals surface area (Å²) in [6, 6.07) is 0. The molecule has 13 heavy (non-hydrogen) atoms. The average Bonchev–Trinajstić information content (AvgIpc) is 2.28. The van der Waals surface area contributed by atoms with Gasteiger partial charge in [0, 0.05) is 12.1 Å². The van der Waals surface area contributed by atoms with Gasteiger partial charge in [-0.1, -0.05) is 24.3 Å². The molecular weight excluding hydrogens is 250 g/mol. The highest BCUT2D eigenvalue weighted by molar-refractivity contribution is 9.10. The Labute approximate surface area is 88.8 Å². The van der Waals surface area contributed by atoms with Crippen LogP contribution >= 0.6 is 27.3 Å². The van der Waals surface area contributed by atoms with Gasteiger partial charge < -0.3 is 5.11 Å². The quantitative estimate of drug-likeness (QED) is 0.757. The van der Waals surface area contributed by atoms with Crippen LogP contribution in [0, 0.1) is 5.92 Å². The van der Waals surface area contributed by atoms with Crippen LogP contribution in [-0.4, -0.2) is 11.3 Å². The van der Waals surface area contributed by atoms with E-state index in [1.165, 1.54) is 11.3 Å². The second-order valence-electron chi connectivity index (χ2n) is 2.93. The summed E-state index contributed by atoms with van der Waals surface area (Å²) < 4.78 is 0.697. The van der Waals surface area contributed by atoms with Gasteiger partial charge in [0.1, 0.15) is 0 Å². The largest absolute Gasteiger partial charge is 0.499 e. The van der Waals surface area contributed by atoms with Gasteiger partial charge in [-0.05, 0) is 22.0 Å². The van der Waals surface area contributed by atoms with Crippen molar-refractivity contribution in [3.8, 4) is 5.06 Å². The minimum absolute atomic E-state index is 0.293. The molecule has 2 nitrogen and oxygen atoms in total. The van der Waals surface area contributed by atoms with Crippen LogP contribution in [0.2, 0.25) is 0 Å². The zero-order valence-corrected chi connectivity index (χ0v) is 9.39. The van der Waals surface area contributed by atoms with Crippen molar-refractivity contribution in [2.75, 3.05) is 0 Å². The van der Waals surface area contributed by atoms with Gasteiger partial charge in [-0.3, -0.25) is 4.99 Å². The first kappa shape index (κ1) is 8.97. The lowest BCUT2D eigenvalue weighted by molar-refractivity contribution is 0.488. The molecule has 4 heteroatoms. The van der Waals surface area contributed by atoms with Gasteiger partial charge >= 0.3 is 0 Å². The SMILES string of the molecule is CC1C=Cc2sc(O)c(Br)c2N=C1. The maximum Gasteiger partial charge on any atom is 0.188 e. The monoisotopic (exact) mass is 257 g/mol. The first-order valence-electron chi connectivity index (χ1n) is 3.92. The first-order valence-corrected chi connectivity index (χ1v) is 5.53.